The van der Waals surface area contributed by atoms with Crippen LogP contribution in [0, 0.1) is 0 Å². The molecule has 2 saturated heterocycles. The van der Waals surface area contributed by atoms with E-state index >= 15 is 0 Å². The molecule has 5 rings (SSSR count). The summed E-state index contributed by atoms with van der Waals surface area (Å²) in [4.78, 5) is 6.61. The first-order valence-electron chi connectivity index (χ1n) is 8.92. The van der Waals surface area contributed by atoms with Crippen molar-refractivity contribution in [3.8, 4) is 5.69 Å². The largest absolute Gasteiger partial charge is 0.398 e. The van der Waals surface area contributed by atoms with Crippen molar-refractivity contribution in [2.75, 3.05) is 32.0 Å². The lowest BCUT2D eigenvalue weighted by atomic mass is 10.0. The summed E-state index contributed by atoms with van der Waals surface area (Å²) in [6.07, 6.45) is 7.06. The second-order valence-electron chi connectivity index (χ2n) is 7.06. The van der Waals surface area contributed by atoms with Gasteiger partial charge in [-0.15, -0.1) is 0 Å². The Morgan fingerprint density at radius 2 is 2.15 bits per heavy atom. The fourth-order valence-electron chi connectivity index (χ4n) is 3.88. The summed E-state index contributed by atoms with van der Waals surface area (Å²) >= 11 is 0. The molecule has 2 aliphatic heterocycles. The standard InChI is InChI=1S/C18H21FN6O/c19-15-9-23(13-10-26-11-13)5-3-17(15)25-8-12(7-22-25)24-6-2-14-16(20)1-4-21-18(14)24/h1-2,4,6-8,13,15,17H,3,5,9-11H2,(H2,20,21)/t15-,17-/m0/s1. The third kappa shape index (κ3) is 2.48. The van der Waals surface area contributed by atoms with Crippen molar-refractivity contribution in [1.29, 1.82) is 0 Å². The maximum Gasteiger partial charge on any atom is 0.146 e. The number of fused-ring (bicyclic) bond motifs is 1. The number of piperidine rings is 1. The van der Waals surface area contributed by atoms with Crippen molar-refractivity contribution in [3.63, 3.8) is 0 Å². The van der Waals surface area contributed by atoms with Crippen LogP contribution < -0.4 is 5.73 Å². The van der Waals surface area contributed by atoms with E-state index in [4.69, 9.17) is 10.5 Å². The maximum atomic E-state index is 14.8. The van der Waals surface area contributed by atoms with Crippen LogP contribution in [0.4, 0.5) is 10.1 Å². The number of aromatic nitrogens is 4. The number of halogens is 1. The smallest absolute Gasteiger partial charge is 0.146 e. The highest BCUT2D eigenvalue weighted by Crippen LogP contribution is 2.29. The van der Waals surface area contributed by atoms with Crippen molar-refractivity contribution in [2.45, 2.75) is 24.7 Å². The lowest BCUT2D eigenvalue weighted by Gasteiger charge is -2.42. The molecule has 3 aromatic heterocycles. The third-order valence-corrected chi connectivity index (χ3v) is 5.50. The number of pyridine rings is 1. The van der Waals surface area contributed by atoms with Crippen LogP contribution in [-0.2, 0) is 4.74 Å². The SMILES string of the molecule is Nc1ccnc2c1ccn2-c1cnn([C@H]2CCN(C3COC3)C[C@@H]2F)c1. The first-order valence-corrected chi connectivity index (χ1v) is 8.92. The van der Waals surface area contributed by atoms with Crippen molar-refractivity contribution in [1.82, 2.24) is 24.2 Å². The summed E-state index contributed by atoms with van der Waals surface area (Å²) in [6.45, 7) is 2.76. The first-order chi connectivity index (χ1) is 12.7. The molecule has 5 heterocycles. The molecule has 0 radical (unpaired) electrons. The van der Waals surface area contributed by atoms with E-state index in [2.05, 4.69) is 15.0 Å². The fraction of sp³-hybridized carbons (Fsp3) is 0.444. The van der Waals surface area contributed by atoms with Crippen LogP contribution >= 0.6 is 0 Å². The van der Waals surface area contributed by atoms with E-state index < -0.39 is 6.17 Å². The van der Waals surface area contributed by atoms with Gasteiger partial charge in [0.25, 0.3) is 0 Å². The molecule has 7 nitrogen and oxygen atoms in total. The minimum atomic E-state index is -0.938. The normalized spacial score (nSPS) is 24.8. The van der Waals surface area contributed by atoms with Crippen molar-refractivity contribution < 1.29 is 9.13 Å². The van der Waals surface area contributed by atoms with E-state index in [1.54, 1.807) is 23.1 Å². The average molecular weight is 356 g/mol. The van der Waals surface area contributed by atoms with Crippen LogP contribution in [0.5, 0.6) is 0 Å². The Hall–Kier alpha value is -2.45. The molecule has 0 bridgehead atoms. The van der Waals surface area contributed by atoms with Crippen LogP contribution in [0.3, 0.4) is 0 Å². The second kappa shape index (κ2) is 6.07. The Labute approximate surface area is 150 Å². The molecule has 3 aromatic rings. The van der Waals surface area contributed by atoms with Gasteiger partial charge in [0.15, 0.2) is 0 Å². The van der Waals surface area contributed by atoms with Gasteiger partial charge in [-0.25, -0.2) is 9.37 Å². The topological polar surface area (TPSA) is 74.1 Å². The van der Waals surface area contributed by atoms with Gasteiger partial charge in [-0.3, -0.25) is 14.1 Å². The summed E-state index contributed by atoms with van der Waals surface area (Å²) in [5, 5.41) is 5.34. The Morgan fingerprint density at radius 3 is 2.92 bits per heavy atom. The number of nitrogens with two attached hydrogens (primary N) is 1. The van der Waals surface area contributed by atoms with Crippen LogP contribution in [0.1, 0.15) is 12.5 Å². The Bertz CT molecular complexity index is 933. The molecule has 0 amide bonds. The number of rotatable bonds is 3. The van der Waals surface area contributed by atoms with Gasteiger partial charge < -0.3 is 10.5 Å². The van der Waals surface area contributed by atoms with Crippen molar-refractivity contribution in [3.05, 3.63) is 36.9 Å². The lowest BCUT2D eigenvalue weighted by molar-refractivity contribution is -0.0847. The van der Waals surface area contributed by atoms with Gasteiger partial charge in [0.2, 0.25) is 0 Å². The molecule has 8 heteroatoms. The maximum absolute atomic E-state index is 14.8. The Morgan fingerprint density at radius 1 is 1.27 bits per heavy atom. The summed E-state index contributed by atoms with van der Waals surface area (Å²) in [7, 11) is 0. The fourth-order valence-corrected chi connectivity index (χ4v) is 3.88. The van der Waals surface area contributed by atoms with Gasteiger partial charge in [-0.05, 0) is 18.6 Å². The monoisotopic (exact) mass is 356 g/mol. The molecular weight excluding hydrogens is 335 g/mol. The minimum absolute atomic E-state index is 0.235. The van der Waals surface area contributed by atoms with Gasteiger partial charge in [0.05, 0.1) is 37.2 Å². The van der Waals surface area contributed by atoms with E-state index in [9.17, 15) is 4.39 Å². The van der Waals surface area contributed by atoms with Gasteiger partial charge in [0, 0.05) is 42.8 Å². The zero-order valence-corrected chi connectivity index (χ0v) is 14.3. The molecule has 26 heavy (non-hydrogen) atoms. The van der Waals surface area contributed by atoms with Crippen LogP contribution in [0.25, 0.3) is 16.7 Å². The predicted octanol–water partition coefficient (Wildman–Crippen LogP) is 1.79. The summed E-state index contributed by atoms with van der Waals surface area (Å²) in [6, 6.07) is 3.86. The number of hydrogen-bond donors (Lipinski definition) is 1. The van der Waals surface area contributed by atoms with Gasteiger partial charge in [-0.1, -0.05) is 0 Å². The van der Waals surface area contributed by atoms with Crippen LogP contribution in [-0.4, -0.2) is 62.7 Å². The van der Waals surface area contributed by atoms with Crippen molar-refractivity contribution >= 4 is 16.7 Å². The molecule has 2 fully saturated rings. The van der Waals surface area contributed by atoms with Crippen LogP contribution in [0.2, 0.25) is 0 Å². The molecule has 0 unspecified atom stereocenters. The molecule has 2 atom stereocenters. The number of alkyl halides is 1. The van der Waals surface area contributed by atoms with Gasteiger partial charge in [-0.2, -0.15) is 5.10 Å². The molecule has 0 aromatic carbocycles. The Kier molecular flexibility index (Phi) is 3.68. The number of ether oxygens (including phenoxy) is 1. The lowest BCUT2D eigenvalue weighted by Crippen LogP contribution is -2.55. The third-order valence-electron chi connectivity index (χ3n) is 5.50. The average Bonchev–Trinajstić information content (AvgIpc) is 3.20. The van der Waals surface area contributed by atoms with Crippen molar-refractivity contribution in [2.24, 2.45) is 0 Å². The van der Waals surface area contributed by atoms with E-state index in [0.29, 0.717) is 18.3 Å². The summed E-state index contributed by atoms with van der Waals surface area (Å²) in [5.74, 6) is 0. The first kappa shape index (κ1) is 15.8. The quantitative estimate of drug-likeness (QED) is 0.774. The molecule has 2 aliphatic rings. The zero-order chi connectivity index (χ0) is 17.7. The highest BCUT2D eigenvalue weighted by Gasteiger charge is 2.36. The molecular formula is C18H21FN6O. The van der Waals surface area contributed by atoms with Gasteiger partial charge >= 0.3 is 0 Å². The number of likely N-dealkylation sites (tertiary alicyclic amines) is 1. The summed E-state index contributed by atoms with van der Waals surface area (Å²) in [5.41, 5.74) is 8.34. The Balaban J connectivity index is 1.39. The number of hydrogen-bond acceptors (Lipinski definition) is 5. The molecule has 2 N–H and O–H groups in total. The van der Waals surface area contributed by atoms with E-state index in [1.165, 1.54) is 0 Å². The zero-order valence-electron chi connectivity index (χ0n) is 14.3. The van der Waals surface area contributed by atoms with Gasteiger partial charge in [0.1, 0.15) is 11.8 Å². The van der Waals surface area contributed by atoms with E-state index in [1.807, 2.05) is 23.0 Å². The summed E-state index contributed by atoms with van der Waals surface area (Å²) < 4.78 is 23.7. The second-order valence-corrected chi connectivity index (χ2v) is 7.06. The molecule has 136 valence electrons. The molecule has 0 saturated carbocycles. The number of anilines is 1. The highest BCUT2D eigenvalue weighted by atomic mass is 19.1. The van der Waals surface area contributed by atoms with Crippen LogP contribution in [0.15, 0.2) is 36.9 Å². The molecule has 0 aliphatic carbocycles. The number of nitrogen functional groups attached to an aromatic ring is 1. The predicted molar refractivity (Wildman–Crippen MR) is 96.0 cm³/mol. The van der Waals surface area contributed by atoms with E-state index in [0.717, 1.165) is 42.9 Å². The molecule has 0 spiro atoms. The highest BCUT2D eigenvalue weighted by molar-refractivity contribution is 5.89. The number of nitrogens with zero attached hydrogens (tertiary/aromatic N) is 5. The minimum Gasteiger partial charge on any atom is -0.398 e. The van der Waals surface area contributed by atoms with E-state index in [-0.39, 0.29) is 6.04 Å².